The number of hydrogen-bond acceptors (Lipinski definition) is 3. The highest BCUT2D eigenvalue weighted by atomic mass is 32.1. The third-order valence-corrected chi connectivity index (χ3v) is 5.64. The maximum atomic E-state index is 13.2. The predicted octanol–water partition coefficient (Wildman–Crippen LogP) is 5.11. The van der Waals surface area contributed by atoms with Gasteiger partial charge in [0.2, 0.25) is 0 Å². The van der Waals surface area contributed by atoms with Crippen molar-refractivity contribution in [3.05, 3.63) is 57.8 Å². The summed E-state index contributed by atoms with van der Waals surface area (Å²) in [6.07, 6.45) is 0.0405. The van der Waals surface area contributed by atoms with Crippen molar-refractivity contribution in [2.75, 3.05) is 19.6 Å². The van der Waals surface area contributed by atoms with Crippen molar-refractivity contribution in [3.63, 3.8) is 0 Å². The summed E-state index contributed by atoms with van der Waals surface area (Å²) in [5, 5.41) is 6.78. The molecule has 0 unspecified atom stereocenters. The third-order valence-electron chi connectivity index (χ3n) is 4.94. The molecule has 1 aromatic carbocycles. The molecule has 146 valence electrons. The van der Waals surface area contributed by atoms with Crippen LogP contribution in [0.25, 0.3) is 0 Å². The van der Waals surface area contributed by atoms with Crippen LogP contribution in [0.1, 0.15) is 53.2 Å². The van der Waals surface area contributed by atoms with Crippen molar-refractivity contribution < 1.29 is 18.0 Å². The number of hydrogen-bond donors (Lipinski definition) is 1. The van der Waals surface area contributed by atoms with E-state index in [9.17, 15) is 18.0 Å². The fourth-order valence-corrected chi connectivity index (χ4v) is 4.25. The molecule has 1 aliphatic heterocycles. The Bertz CT molecular complexity index is 738. The fraction of sp³-hybridized carbons (Fsp3) is 0.450. The first-order chi connectivity index (χ1) is 13.0. The van der Waals surface area contributed by atoms with Gasteiger partial charge in [-0.15, -0.1) is 0 Å². The second-order valence-corrected chi connectivity index (χ2v) is 7.56. The topological polar surface area (TPSA) is 32.3 Å². The summed E-state index contributed by atoms with van der Waals surface area (Å²) in [5.41, 5.74) is -0.124. The average molecular weight is 396 g/mol. The Labute approximate surface area is 161 Å². The van der Waals surface area contributed by atoms with Gasteiger partial charge >= 0.3 is 6.18 Å². The molecule has 1 N–H and O–H groups in total. The molecule has 1 amide bonds. The van der Waals surface area contributed by atoms with E-state index in [0.717, 1.165) is 37.6 Å². The molecule has 1 saturated heterocycles. The first-order valence-corrected chi connectivity index (χ1v) is 10.1. The Morgan fingerprint density at radius 1 is 1.11 bits per heavy atom. The zero-order chi connectivity index (χ0) is 19.3. The molecular weight excluding hydrogens is 373 g/mol. The van der Waals surface area contributed by atoms with Crippen LogP contribution in [0.15, 0.2) is 41.1 Å². The van der Waals surface area contributed by atoms with E-state index in [4.69, 9.17) is 0 Å². The van der Waals surface area contributed by atoms with Crippen molar-refractivity contribution in [2.45, 2.75) is 37.9 Å². The van der Waals surface area contributed by atoms with E-state index >= 15 is 0 Å². The van der Waals surface area contributed by atoms with E-state index in [2.05, 4.69) is 10.2 Å². The fourth-order valence-electron chi connectivity index (χ4n) is 3.54. The number of carbonyl (C=O) groups is 1. The van der Waals surface area contributed by atoms with Gasteiger partial charge in [0.1, 0.15) is 0 Å². The number of alkyl halides is 3. The lowest BCUT2D eigenvalue weighted by molar-refractivity contribution is -0.137. The van der Waals surface area contributed by atoms with Crippen LogP contribution in [0.2, 0.25) is 0 Å². The number of rotatable bonds is 5. The Balaban J connectivity index is 1.75. The van der Waals surface area contributed by atoms with Crippen LogP contribution in [0.4, 0.5) is 13.2 Å². The molecule has 1 aromatic heterocycles. The van der Waals surface area contributed by atoms with Crippen molar-refractivity contribution in [1.29, 1.82) is 0 Å². The number of thiophene rings is 1. The van der Waals surface area contributed by atoms with Gasteiger partial charge in [0.05, 0.1) is 17.2 Å². The molecule has 3 nitrogen and oxygen atoms in total. The van der Waals surface area contributed by atoms with Crippen LogP contribution in [-0.2, 0) is 6.18 Å². The van der Waals surface area contributed by atoms with Gasteiger partial charge in [0, 0.05) is 6.54 Å². The summed E-state index contributed by atoms with van der Waals surface area (Å²) in [6.45, 7) is 2.17. The second kappa shape index (κ2) is 8.89. The molecule has 2 aromatic rings. The summed E-state index contributed by atoms with van der Waals surface area (Å²) >= 11 is 1.59. The molecule has 7 heteroatoms. The molecule has 1 fully saturated rings. The van der Waals surface area contributed by atoms with Gasteiger partial charge in [-0.05, 0) is 60.5 Å². The minimum Gasteiger partial charge on any atom is -0.350 e. The maximum Gasteiger partial charge on any atom is 0.417 e. The van der Waals surface area contributed by atoms with Gasteiger partial charge in [0.15, 0.2) is 0 Å². The summed E-state index contributed by atoms with van der Waals surface area (Å²) in [5.74, 6) is -0.682. The van der Waals surface area contributed by atoms with Crippen molar-refractivity contribution in [3.8, 4) is 0 Å². The highest BCUT2D eigenvalue weighted by molar-refractivity contribution is 7.07. The monoisotopic (exact) mass is 396 g/mol. The summed E-state index contributed by atoms with van der Waals surface area (Å²) in [6, 6.07) is 6.93. The van der Waals surface area contributed by atoms with E-state index in [1.54, 1.807) is 11.3 Å². The minimum atomic E-state index is -4.55. The van der Waals surface area contributed by atoms with Crippen molar-refractivity contribution in [2.24, 2.45) is 0 Å². The molecule has 1 aliphatic rings. The Morgan fingerprint density at radius 3 is 2.44 bits per heavy atom. The minimum absolute atomic E-state index is 0.0173. The number of benzene rings is 1. The number of nitrogens with one attached hydrogen (secondary N) is 1. The van der Waals surface area contributed by atoms with Gasteiger partial charge in [-0.25, -0.2) is 0 Å². The highest BCUT2D eigenvalue weighted by Gasteiger charge is 2.35. The molecule has 0 saturated carbocycles. The standard InChI is InChI=1S/C20H23F3N2OS/c21-20(22,23)17-8-4-3-7-16(17)19(26)24-13-18(15-9-12-27-14-15)25-10-5-1-2-6-11-25/h3-4,7-9,12,14,18H,1-2,5-6,10-11,13H2,(H,24,26)/t18-/m1/s1. The second-order valence-electron chi connectivity index (χ2n) is 6.78. The normalized spacial score (nSPS) is 17.3. The maximum absolute atomic E-state index is 13.2. The van der Waals surface area contributed by atoms with Crippen LogP contribution in [0.5, 0.6) is 0 Å². The van der Waals surface area contributed by atoms with E-state index in [1.165, 1.54) is 31.0 Å². The first-order valence-electron chi connectivity index (χ1n) is 9.17. The van der Waals surface area contributed by atoms with Crippen LogP contribution in [-0.4, -0.2) is 30.4 Å². The lowest BCUT2D eigenvalue weighted by Crippen LogP contribution is -2.39. The van der Waals surface area contributed by atoms with Gasteiger partial charge < -0.3 is 5.32 Å². The number of likely N-dealkylation sites (tertiary alicyclic amines) is 1. The van der Waals surface area contributed by atoms with Crippen molar-refractivity contribution in [1.82, 2.24) is 10.2 Å². The molecule has 2 heterocycles. The van der Waals surface area contributed by atoms with E-state index in [1.807, 2.05) is 16.8 Å². The van der Waals surface area contributed by atoms with Crippen LogP contribution in [0, 0.1) is 0 Å². The number of nitrogens with zero attached hydrogens (tertiary/aromatic N) is 1. The summed E-state index contributed by atoms with van der Waals surface area (Å²) in [4.78, 5) is 14.8. The van der Waals surface area contributed by atoms with Crippen LogP contribution >= 0.6 is 11.3 Å². The van der Waals surface area contributed by atoms with Gasteiger partial charge in [-0.3, -0.25) is 9.69 Å². The highest BCUT2D eigenvalue weighted by Crippen LogP contribution is 2.32. The zero-order valence-corrected chi connectivity index (χ0v) is 15.8. The van der Waals surface area contributed by atoms with Gasteiger partial charge in [-0.1, -0.05) is 25.0 Å². The summed E-state index contributed by atoms with van der Waals surface area (Å²) in [7, 11) is 0. The van der Waals surface area contributed by atoms with E-state index in [0.29, 0.717) is 6.54 Å². The summed E-state index contributed by atoms with van der Waals surface area (Å²) < 4.78 is 39.5. The molecule has 0 aliphatic carbocycles. The Kier molecular flexibility index (Phi) is 6.55. The van der Waals surface area contributed by atoms with Crippen LogP contribution < -0.4 is 5.32 Å². The smallest absolute Gasteiger partial charge is 0.350 e. The Hall–Kier alpha value is -1.86. The predicted molar refractivity (Wildman–Crippen MR) is 101 cm³/mol. The third kappa shape index (κ3) is 5.11. The largest absolute Gasteiger partial charge is 0.417 e. The number of halogens is 3. The molecule has 1 atom stereocenters. The van der Waals surface area contributed by atoms with Crippen molar-refractivity contribution >= 4 is 17.2 Å². The average Bonchev–Trinajstić information content (AvgIpc) is 3.04. The zero-order valence-electron chi connectivity index (χ0n) is 15.0. The number of carbonyl (C=O) groups excluding carboxylic acids is 1. The van der Waals surface area contributed by atoms with Crippen LogP contribution in [0.3, 0.4) is 0 Å². The molecule has 0 bridgehead atoms. The quantitative estimate of drug-likeness (QED) is 0.761. The van der Waals surface area contributed by atoms with Gasteiger partial charge in [-0.2, -0.15) is 24.5 Å². The van der Waals surface area contributed by atoms with Gasteiger partial charge in [0.25, 0.3) is 5.91 Å². The van der Waals surface area contributed by atoms with E-state index < -0.39 is 17.6 Å². The molecular formula is C20H23F3N2OS. The molecule has 27 heavy (non-hydrogen) atoms. The lowest BCUT2D eigenvalue weighted by Gasteiger charge is -2.30. The Morgan fingerprint density at radius 2 is 1.81 bits per heavy atom. The number of amides is 1. The molecule has 3 rings (SSSR count). The SMILES string of the molecule is O=C(NC[C@H](c1ccsc1)N1CCCCCC1)c1ccccc1C(F)(F)F. The molecule has 0 radical (unpaired) electrons. The lowest BCUT2D eigenvalue weighted by atomic mass is 10.1. The first kappa shape index (κ1) is 19.9. The van der Waals surface area contributed by atoms with E-state index in [-0.39, 0.29) is 11.6 Å². The molecule has 0 spiro atoms.